The Bertz CT molecular complexity index is 878. The quantitative estimate of drug-likeness (QED) is 0.769. The van der Waals surface area contributed by atoms with Crippen molar-refractivity contribution in [1.82, 2.24) is 4.90 Å². The van der Waals surface area contributed by atoms with Gasteiger partial charge in [-0.15, -0.1) is 11.8 Å². The zero-order chi connectivity index (χ0) is 19.7. The van der Waals surface area contributed by atoms with E-state index in [9.17, 15) is 9.59 Å². The van der Waals surface area contributed by atoms with Crippen LogP contribution < -0.4 is 10.2 Å². The first-order valence-corrected chi connectivity index (χ1v) is 10.7. The van der Waals surface area contributed by atoms with Gasteiger partial charge >= 0.3 is 6.03 Å². The van der Waals surface area contributed by atoms with E-state index in [1.807, 2.05) is 65.3 Å². The van der Waals surface area contributed by atoms with Crippen molar-refractivity contribution in [1.29, 1.82) is 0 Å². The number of urea groups is 1. The van der Waals surface area contributed by atoms with Crippen molar-refractivity contribution in [3.05, 3.63) is 59.1 Å². The van der Waals surface area contributed by atoms with Crippen LogP contribution in [-0.4, -0.2) is 40.6 Å². The smallest absolute Gasteiger partial charge is 0.321 e. The number of anilines is 2. The summed E-state index contributed by atoms with van der Waals surface area (Å²) in [5.41, 5.74) is 2.82. The van der Waals surface area contributed by atoms with Crippen LogP contribution in [0.25, 0.3) is 0 Å². The van der Waals surface area contributed by atoms with Gasteiger partial charge in [0.25, 0.3) is 0 Å². The fourth-order valence-corrected chi connectivity index (χ4v) is 5.24. The van der Waals surface area contributed by atoms with Crippen molar-refractivity contribution in [2.45, 2.75) is 24.6 Å². The van der Waals surface area contributed by atoms with Crippen molar-refractivity contribution in [2.75, 3.05) is 29.1 Å². The summed E-state index contributed by atoms with van der Waals surface area (Å²) in [6, 6.07) is 15.1. The molecule has 0 aromatic heterocycles. The summed E-state index contributed by atoms with van der Waals surface area (Å²) in [4.78, 5) is 28.7. The molecule has 28 heavy (non-hydrogen) atoms. The minimum Gasteiger partial charge on any atom is -0.324 e. The van der Waals surface area contributed by atoms with Gasteiger partial charge in [-0.3, -0.25) is 9.69 Å². The monoisotopic (exact) mass is 415 g/mol. The molecule has 1 N–H and O–H groups in total. The van der Waals surface area contributed by atoms with Crippen LogP contribution in [0.3, 0.4) is 0 Å². The number of halogens is 1. The summed E-state index contributed by atoms with van der Waals surface area (Å²) in [6.45, 7) is 3.24. The lowest BCUT2D eigenvalue weighted by Gasteiger charge is -2.43. The maximum atomic E-state index is 12.6. The lowest BCUT2D eigenvalue weighted by Crippen LogP contribution is -2.53. The number of likely N-dealkylation sites (tertiary alicyclic amines) is 1. The van der Waals surface area contributed by atoms with E-state index in [0.717, 1.165) is 29.8 Å². The molecule has 0 bridgehead atoms. The third kappa shape index (κ3) is 3.71. The molecule has 2 heterocycles. The lowest BCUT2D eigenvalue weighted by atomic mass is 10.0. The predicted octanol–water partition coefficient (Wildman–Crippen LogP) is 4.75. The molecule has 0 unspecified atom stereocenters. The number of hydrogen-bond acceptors (Lipinski definition) is 3. The molecular formula is C21H22ClN3O2S. The van der Waals surface area contributed by atoms with E-state index in [4.69, 9.17) is 11.6 Å². The topological polar surface area (TPSA) is 52.7 Å². The summed E-state index contributed by atoms with van der Waals surface area (Å²) in [7, 11) is 0. The first kappa shape index (κ1) is 19.2. The highest BCUT2D eigenvalue weighted by molar-refractivity contribution is 8.02. The molecule has 0 aliphatic carbocycles. The van der Waals surface area contributed by atoms with E-state index in [-0.39, 0.29) is 16.8 Å². The third-order valence-electron chi connectivity index (χ3n) is 5.34. The molecule has 2 aromatic rings. The van der Waals surface area contributed by atoms with Crippen molar-refractivity contribution >= 4 is 46.7 Å². The first-order chi connectivity index (χ1) is 13.5. The number of carbonyl (C=O) groups excluding carboxylic acids is 2. The fourth-order valence-electron chi connectivity index (χ4n) is 3.79. The van der Waals surface area contributed by atoms with E-state index in [2.05, 4.69) is 5.32 Å². The average molecular weight is 416 g/mol. The summed E-state index contributed by atoms with van der Waals surface area (Å²) in [5, 5.41) is 3.61. The Morgan fingerprint density at radius 2 is 1.71 bits per heavy atom. The largest absolute Gasteiger partial charge is 0.324 e. The number of thioether (sulfide) groups is 1. The Morgan fingerprint density at radius 1 is 1.07 bits per heavy atom. The number of carbonyl (C=O) groups is 2. The van der Waals surface area contributed by atoms with Crippen molar-refractivity contribution in [3.8, 4) is 0 Å². The lowest BCUT2D eigenvalue weighted by molar-refractivity contribution is -0.116. The summed E-state index contributed by atoms with van der Waals surface area (Å²) < 4.78 is 0. The molecule has 2 saturated heterocycles. The molecule has 2 aliphatic heterocycles. The first-order valence-electron chi connectivity index (χ1n) is 9.32. The van der Waals surface area contributed by atoms with E-state index >= 15 is 0 Å². The molecule has 2 aromatic carbocycles. The maximum Gasteiger partial charge on any atom is 0.321 e. The Balaban J connectivity index is 1.44. The Morgan fingerprint density at radius 3 is 2.36 bits per heavy atom. The Hall–Kier alpha value is -2.18. The van der Waals surface area contributed by atoms with Crippen molar-refractivity contribution in [3.63, 3.8) is 0 Å². The minimum absolute atomic E-state index is 0.0916. The fraction of sp³-hybridized carbons (Fsp3) is 0.333. The molecular weight excluding hydrogens is 394 g/mol. The standard InChI is InChI=1S/C21H22ClN3O2S/c1-15-2-6-17(7-3-15)23-20(27)24-12-10-21(11-13-24)25(19(26)14-28-21)18-8-4-16(22)5-9-18/h2-9H,10-14H2,1H3,(H,23,27). The van der Waals surface area contributed by atoms with Gasteiger partial charge in [0.2, 0.25) is 5.91 Å². The highest BCUT2D eigenvalue weighted by Crippen LogP contribution is 2.46. The molecule has 2 fully saturated rings. The number of amides is 3. The highest BCUT2D eigenvalue weighted by Gasteiger charge is 2.49. The van der Waals surface area contributed by atoms with Crippen LogP contribution in [0.5, 0.6) is 0 Å². The van der Waals surface area contributed by atoms with Gasteiger partial charge in [0, 0.05) is 29.5 Å². The number of nitrogens with zero attached hydrogens (tertiary/aromatic N) is 2. The van der Waals surface area contributed by atoms with E-state index in [0.29, 0.717) is 23.9 Å². The normalized spacial score (nSPS) is 18.6. The minimum atomic E-state index is -0.286. The van der Waals surface area contributed by atoms with Gasteiger partial charge in [-0.2, -0.15) is 0 Å². The summed E-state index contributed by atoms with van der Waals surface area (Å²) >= 11 is 7.69. The van der Waals surface area contributed by atoms with Gasteiger partial charge in [0.15, 0.2) is 0 Å². The maximum absolute atomic E-state index is 12.6. The summed E-state index contributed by atoms with van der Waals surface area (Å²) in [6.07, 6.45) is 1.49. The van der Waals surface area contributed by atoms with Crippen LogP contribution in [-0.2, 0) is 4.79 Å². The van der Waals surface area contributed by atoms with Gasteiger partial charge in [-0.1, -0.05) is 29.3 Å². The number of rotatable bonds is 2. The van der Waals surface area contributed by atoms with E-state index in [1.165, 1.54) is 0 Å². The Kier molecular flexibility index (Phi) is 5.25. The van der Waals surface area contributed by atoms with Crippen molar-refractivity contribution < 1.29 is 9.59 Å². The Labute approximate surface area is 174 Å². The molecule has 3 amide bonds. The van der Waals surface area contributed by atoms with Gasteiger partial charge < -0.3 is 10.2 Å². The van der Waals surface area contributed by atoms with Crippen LogP contribution in [0.15, 0.2) is 48.5 Å². The number of piperidine rings is 1. The van der Waals surface area contributed by atoms with Crippen LogP contribution in [0.1, 0.15) is 18.4 Å². The molecule has 1 spiro atoms. The molecule has 0 radical (unpaired) electrons. The molecule has 0 atom stereocenters. The summed E-state index contributed by atoms with van der Waals surface area (Å²) in [5.74, 6) is 0.586. The third-order valence-corrected chi connectivity index (χ3v) is 7.11. The number of aryl methyl sites for hydroxylation is 1. The zero-order valence-electron chi connectivity index (χ0n) is 15.7. The SMILES string of the molecule is Cc1ccc(NC(=O)N2CCC3(CC2)SCC(=O)N3c2ccc(Cl)cc2)cc1. The average Bonchev–Trinajstić information content (AvgIpc) is 3.01. The van der Waals surface area contributed by atoms with Crippen molar-refractivity contribution in [2.24, 2.45) is 0 Å². The molecule has 146 valence electrons. The molecule has 2 aliphatic rings. The molecule has 7 heteroatoms. The highest BCUT2D eigenvalue weighted by atomic mass is 35.5. The second-order valence-electron chi connectivity index (χ2n) is 7.22. The number of nitrogens with one attached hydrogen (secondary N) is 1. The van der Waals surface area contributed by atoms with Gasteiger partial charge in [0.05, 0.1) is 10.6 Å². The second-order valence-corrected chi connectivity index (χ2v) is 9.00. The second kappa shape index (κ2) is 7.68. The molecule has 5 nitrogen and oxygen atoms in total. The molecule has 0 saturated carbocycles. The van der Waals surface area contributed by atoms with E-state index < -0.39 is 0 Å². The van der Waals surface area contributed by atoms with E-state index in [1.54, 1.807) is 11.8 Å². The number of hydrogen-bond donors (Lipinski definition) is 1. The zero-order valence-corrected chi connectivity index (χ0v) is 17.2. The predicted molar refractivity (Wildman–Crippen MR) is 115 cm³/mol. The van der Waals surface area contributed by atoms with Crippen LogP contribution in [0, 0.1) is 6.92 Å². The molecule has 4 rings (SSSR count). The van der Waals surface area contributed by atoms with Crippen LogP contribution in [0.2, 0.25) is 5.02 Å². The van der Waals surface area contributed by atoms with Crippen LogP contribution >= 0.6 is 23.4 Å². The van der Waals surface area contributed by atoms with Crippen LogP contribution in [0.4, 0.5) is 16.2 Å². The van der Waals surface area contributed by atoms with Gasteiger partial charge in [0.1, 0.15) is 0 Å². The number of benzene rings is 2. The van der Waals surface area contributed by atoms with Gasteiger partial charge in [-0.05, 0) is 56.2 Å². The van der Waals surface area contributed by atoms with Gasteiger partial charge in [-0.25, -0.2) is 4.79 Å².